The van der Waals surface area contributed by atoms with E-state index in [9.17, 15) is 4.39 Å². The topological polar surface area (TPSA) is 60.0 Å². The van der Waals surface area contributed by atoms with Crippen molar-refractivity contribution >= 4 is 5.69 Å². The normalized spacial score (nSPS) is 20.5. The summed E-state index contributed by atoms with van der Waals surface area (Å²) in [7, 11) is 0. The number of rotatable bonds is 3. The number of hydrogen-bond acceptors (Lipinski definition) is 5. The van der Waals surface area contributed by atoms with Crippen LogP contribution in [0.15, 0.2) is 18.2 Å². The molecule has 0 aromatic heterocycles. The van der Waals surface area contributed by atoms with E-state index in [-0.39, 0.29) is 18.0 Å². The Balaban J connectivity index is 2.09. The number of nitrogens with one attached hydrogen (secondary N) is 1. The maximum atomic E-state index is 13.0. The van der Waals surface area contributed by atoms with E-state index in [2.05, 4.69) is 0 Å². The standard InChI is InChI=1S/C10H12FNO4/c11-7-1-2-8(12-13)9(5-7)16-10-6-14-3-4-15-10/h1-2,5,10,12-13H,3-4,6H2/t10-/m1/s1. The van der Waals surface area contributed by atoms with Gasteiger partial charge in [0.25, 0.3) is 0 Å². The number of anilines is 1. The number of halogens is 1. The SMILES string of the molecule is ONc1ccc(F)cc1O[C@@H]1COCCO1. The van der Waals surface area contributed by atoms with E-state index in [0.717, 1.165) is 6.07 Å². The van der Waals surface area contributed by atoms with Crippen molar-refractivity contribution in [2.24, 2.45) is 0 Å². The van der Waals surface area contributed by atoms with Crippen LogP contribution in [-0.2, 0) is 9.47 Å². The van der Waals surface area contributed by atoms with Crippen LogP contribution in [0.3, 0.4) is 0 Å². The molecule has 1 aliphatic heterocycles. The van der Waals surface area contributed by atoms with E-state index >= 15 is 0 Å². The second-order valence-electron chi connectivity index (χ2n) is 3.25. The third-order valence-corrected chi connectivity index (χ3v) is 2.11. The molecule has 2 N–H and O–H groups in total. The lowest BCUT2D eigenvalue weighted by atomic mass is 10.3. The van der Waals surface area contributed by atoms with Crippen molar-refractivity contribution in [1.29, 1.82) is 0 Å². The van der Waals surface area contributed by atoms with Crippen LogP contribution in [0.4, 0.5) is 10.1 Å². The highest BCUT2D eigenvalue weighted by Crippen LogP contribution is 2.26. The highest BCUT2D eigenvalue weighted by atomic mass is 19.1. The van der Waals surface area contributed by atoms with Crippen molar-refractivity contribution < 1.29 is 23.8 Å². The summed E-state index contributed by atoms with van der Waals surface area (Å²) in [6, 6.07) is 3.74. The van der Waals surface area contributed by atoms with E-state index < -0.39 is 12.1 Å². The summed E-state index contributed by atoms with van der Waals surface area (Å²) < 4.78 is 28.7. The molecule has 0 aliphatic carbocycles. The smallest absolute Gasteiger partial charge is 0.223 e. The van der Waals surface area contributed by atoms with Crippen LogP contribution in [0, 0.1) is 5.82 Å². The number of hydrogen-bond donors (Lipinski definition) is 2. The predicted molar refractivity (Wildman–Crippen MR) is 53.0 cm³/mol. The zero-order valence-electron chi connectivity index (χ0n) is 8.48. The van der Waals surface area contributed by atoms with Crippen LogP contribution >= 0.6 is 0 Å². The molecule has 0 spiro atoms. The molecule has 0 bridgehead atoms. The van der Waals surface area contributed by atoms with Gasteiger partial charge in [0.15, 0.2) is 5.75 Å². The second kappa shape index (κ2) is 5.11. The van der Waals surface area contributed by atoms with Crippen molar-refractivity contribution in [3.63, 3.8) is 0 Å². The highest BCUT2D eigenvalue weighted by Gasteiger charge is 2.17. The van der Waals surface area contributed by atoms with Gasteiger partial charge in [0.2, 0.25) is 6.29 Å². The Morgan fingerprint density at radius 2 is 2.31 bits per heavy atom. The quantitative estimate of drug-likeness (QED) is 0.767. The van der Waals surface area contributed by atoms with Gasteiger partial charge < -0.3 is 14.2 Å². The zero-order valence-corrected chi connectivity index (χ0v) is 8.48. The zero-order chi connectivity index (χ0) is 11.4. The Morgan fingerprint density at radius 1 is 1.44 bits per heavy atom. The molecular formula is C10H12FNO4. The van der Waals surface area contributed by atoms with Crippen molar-refractivity contribution in [3.8, 4) is 5.75 Å². The van der Waals surface area contributed by atoms with Gasteiger partial charge in [0.05, 0.1) is 13.2 Å². The molecule has 6 heteroatoms. The average molecular weight is 229 g/mol. The fourth-order valence-electron chi connectivity index (χ4n) is 1.36. The average Bonchev–Trinajstić information content (AvgIpc) is 2.31. The summed E-state index contributed by atoms with van der Waals surface area (Å²) in [4.78, 5) is 0. The number of benzene rings is 1. The summed E-state index contributed by atoms with van der Waals surface area (Å²) in [5.41, 5.74) is 2.20. The summed E-state index contributed by atoms with van der Waals surface area (Å²) in [5, 5.41) is 8.81. The van der Waals surface area contributed by atoms with Gasteiger partial charge in [-0.05, 0) is 12.1 Å². The molecule has 0 radical (unpaired) electrons. The van der Waals surface area contributed by atoms with Crippen LogP contribution in [0.5, 0.6) is 5.75 Å². The van der Waals surface area contributed by atoms with Crippen molar-refractivity contribution in [1.82, 2.24) is 0 Å². The minimum Gasteiger partial charge on any atom is -0.460 e. The summed E-state index contributed by atoms with van der Waals surface area (Å²) in [5.74, 6) is -0.274. The molecular weight excluding hydrogens is 217 g/mol. The van der Waals surface area contributed by atoms with Gasteiger partial charge in [0.1, 0.15) is 18.1 Å². The van der Waals surface area contributed by atoms with Crippen LogP contribution in [0.25, 0.3) is 0 Å². The Labute approximate surface area is 91.7 Å². The van der Waals surface area contributed by atoms with E-state index in [1.165, 1.54) is 12.1 Å². The largest absolute Gasteiger partial charge is 0.460 e. The molecule has 1 atom stereocenters. The Kier molecular flexibility index (Phi) is 3.55. The second-order valence-corrected chi connectivity index (χ2v) is 3.25. The first kappa shape index (κ1) is 11.1. The summed E-state index contributed by atoms with van der Waals surface area (Å²) in [6.45, 7) is 1.23. The Morgan fingerprint density at radius 3 is 3.00 bits per heavy atom. The lowest BCUT2D eigenvalue weighted by Gasteiger charge is -2.24. The molecule has 1 aliphatic rings. The first-order valence-electron chi connectivity index (χ1n) is 4.85. The lowest BCUT2D eigenvalue weighted by Crippen LogP contribution is -2.33. The van der Waals surface area contributed by atoms with E-state index in [1.54, 1.807) is 0 Å². The van der Waals surface area contributed by atoms with Crippen LogP contribution in [0.2, 0.25) is 0 Å². The molecule has 16 heavy (non-hydrogen) atoms. The summed E-state index contributed by atoms with van der Waals surface area (Å²) in [6.07, 6.45) is -0.581. The lowest BCUT2D eigenvalue weighted by molar-refractivity contribution is -0.170. The van der Waals surface area contributed by atoms with E-state index in [1.807, 2.05) is 5.48 Å². The summed E-state index contributed by atoms with van der Waals surface area (Å²) >= 11 is 0. The highest BCUT2D eigenvalue weighted by molar-refractivity contribution is 5.54. The molecule has 0 unspecified atom stereocenters. The third-order valence-electron chi connectivity index (χ3n) is 2.11. The van der Waals surface area contributed by atoms with E-state index in [4.69, 9.17) is 19.4 Å². The van der Waals surface area contributed by atoms with Crippen molar-refractivity contribution in [2.45, 2.75) is 6.29 Å². The molecule has 1 saturated heterocycles. The van der Waals surface area contributed by atoms with Gasteiger partial charge in [-0.25, -0.2) is 4.39 Å². The molecule has 1 fully saturated rings. The molecule has 5 nitrogen and oxygen atoms in total. The van der Waals surface area contributed by atoms with E-state index in [0.29, 0.717) is 13.2 Å². The first-order chi connectivity index (χ1) is 7.79. The molecule has 88 valence electrons. The first-order valence-corrected chi connectivity index (χ1v) is 4.85. The number of ether oxygens (including phenoxy) is 3. The Bertz CT molecular complexity index is 355. The van der Waals surface area contributed by atoms with Gasteiger partial charge in [-0.15, -0.1) is 0 Å². The molecule has 2 rings (SSSR count). The van der Waals surface area contributed by atoms with Crippen LogP contribution in [-0.4, -0.2) is 31.3 Å². The van der Waals surface area contributed by atoms with Crippen molar-refractivity contribution in [2.75, 3.05) is 25.3 Å². The van der Waals surface area contributed by atoms with Crippen molar-refractivity contribution in [3.05, 3.63) is 24.0 Å². The Hall–Kier alpha value is -1.37. The van der Waals surface area contributed by atoms with Gasteiger partial charge in [0, 0.05) is 6.07 Å². The molecule has 0 amide bonds. The molecule has 1 heterocycles. The molecule has 1 aromatic rings. The predicted octanol–water partition coefficient (Wildman–Crippen LogP) is 1.38. The third kappa shape index (κ3) is 2.60. The molecule has 1 aromatic carbocycles. The van der Waals surface area contributed by atoms with Gasteiger partial charge in [-0.3, -0.25) is 10.7 Å². The van der Waals surface area contributed by atoms with Crippen LogP contribution < -0.4 is 10.2 Å². The van der Waals surface area contributed by atoms with Crippen LogP contribution in [0.1, 0.15) is 0 Å². The molecule has 0 saturated carbocycles. The van der Waals surface area contributed by atoms with Gasteiger partial charge in [-0.1, -0.05) is 0 Å². The monoisotopic (exact) mass is 229 g/mol. The maximum absolute atomic E-state index is 13.0. The minimum atomic E-state index is -0.581. The fourth-order valence-corrected chi connectivity index (χ4v) is 1.36. The van der Waals surface area contributed by atoms with Gasteiger partial charge >= 0.3 is 0 Å². The maximum Gasteiger partial charge on any atom is 0.223 e. The van der Waals surface area contributed by atoms with Gasteiger partial charge in [-0.2, -0.15) is 0 Å². The fraction of sp³-hybridized carbons (Fsp3) is 0.400. The minimum absolute atomic E-state index is 0.179.